The van der Waals surface area contributed by atoms with Crippen LogP contribution in [0.3, 0.4) is 0 Å². The van der Waals surface area contributed by atoms with Crippen LogP contribution in [0.15, 0.2) is 18.2 Å². The molecule has 0 fully saturated rings. The molecule has 2 nitrogen and oxygen atoms in total. The fraction of sp³-hybridized carbons (Fsp3) is 0.500. The first-order valence-electron chi connectivity index (χ1n) is 4.75. The molecule has 0 amide bonds. The predicted octanol–water partition coefficient (Wildman–Crippen LogP) is 3.32. The SMILES string of the molecule is CCC[C@H](N)c1cccc(C(F)(F)F)n1.Cl. The van der Waals surface area contributed by atoms with Crippen molar-refractivity contribution in [3.63, 3.8) is 0 Å². The lowest BCUT2D eigenvalue weighted by Crippen LogP contribution is -2.15. The minimum Gasteiger partial charge on any atom is -0.323 e. The van der Waals surface area contributed by atoms with Crippen LogP contribution in [0.2, 0.25) is 0 Å². The number of halogens is 4. The molecule has 0 bridgehead atoms. The number of pyridine rings is 1. The number of alkyl halides is 3. The molecular weight excluding hydrogens is 241 g/mol. The van der Waals surface area contributed by atoms with Gasteiger partial charge in [-0.05, 0) is 18.6 Å². The molecule has 1 atom stereocenters. The van der Waals surface area contributed by atoms with Gasteiger partial charge in [-0.2, -0.15) is 13.2 Å². The minimum atomic E-state index is -4.40. The number of hydrogen-bond donors (Lipinski definition) is 1. The molecule has 0 saturated heterocycles. The Morgan fingerprint density at radius 1 is 1.38 bits per heavy atom. The van der Waals surface area contributed by atoms with E-state index in [-0.39, 0.29) is 12.4 Å². The normalized spacial score (nSPS) is 13.1. The van der Waals surface area contributed by atoms with Crippen molar-refractivity contribution in [2.45, 2.75) is 32.0 Å². The summed E-state index contributed by atoms with van der Waals surface area (Å²) in [5, 5.41) is 0. The highest BCUT2D eigenvalue weighted by Crippen LogP contribution is 2.28. The van der Waals surface area contributed by atoms with E-state index in [1.54, 1.807) is 0 Å². The summed E-state index contributed by atoms with van der Waals surface area (Å²) in [5.41, 5.74) is 5.10. The third kappa shape index (κ3) is 3.98. The first kappa shape index (κ1) is 15.2. The maximum atomic E-state index is 12.3. The third-order valence-electron chi connectivity index (χ3n) is 2.04. The Morgan fingerprint density at radius 3 is 2.50 bits per heavy atom. The topological polar surface area (TPSA) is 38.9 Å². The molecule has 0 aliphatic rings. The van der Waals surface area contributed by atoms with Crippen LogP contribution in [0.1, 0.15) is 37.2 Å². The van der Waals surface area contributed by atoms with Crippen LogP contribution in [0.5, 0.6) is 0 Å². The average molecular weight is 255 g/mol. The molecule has 2 N–H and O–H groups in total. The highest BCUT2D eigenvalue weighted by molar-refractivity contribution is 5.85. The van der Waals surface area contributed by atoms with Crippen LogP contribution < -0.4 is 5.73 Å². The largest absolute Gasteiger partial charge is 0.433 e. The molecule has 1 heterocycles. The molecule has 0 aromatic carbocycles. The molecule has 0 aliphatic heterocycles. The van der Waals surface area contributed by atoms with Gasteiger partial charge in [-0.3, -0.25) is 0 Å². The zero-order valence-corrected chi connectivity index (χ0v) is 9.61. The van der Waals surface area contributed by atoms with Crippen molar-refractivity contribution in [1.82, 2.24) is 4.98 Å². The molecule has 0 spiro atoms. The number of hydrogen-bond acceptors (Lipinski definition) is 2. The fourth-order valence-corrected chi connectivity index (χ4v) is 1.27. The van der Waals surface area contributed by atoms with E-state index in [0.717, 1.165) is 12.5 Å². The van der Waals surface area contributed by atoms with Gasteiger partial charge in [0, 0.05) is 6.04 Å². The molecule has 0 aliphatic carbocycles. The highest BCUT2D eigenvalue weighted by Gasteiger charge is 2.32. The first-order valence-corrected chi connectivity index (χ1v) is 4.75. The van der Waals surface area contributed by atoms with Crippen molar-refractivity contribution in [3.8, 4) is 0 Å². The van der Waals surface area contributed by atoms with Crippen molar-refractivity contribution in [2.24, 2.45) is 5.73 Å². The van der Waals surface area contributed by atoms with E-state index in [0.29, 0.717) is 12.1 Å². The molecule has 0 unspecified atom stereocenters. The molecular formula is C10H14ClF3N2. The number of nitrogens with zero attached hydrogens (tertiary/aromatic N) is 1. The van der Waals surface area contributed by atoms with Crippen molar-refractivity contribution in [2.75, 3.05) is 0 Å². The predicted molar refractivity (Wildman–Crippen MR) is 58.3 cm³/mol. The van der Waals surface area contributed by atoms with Crippen molar-refractivity contribution in [1.29, 1.82) is 0 Å². The molecule has 0 radical (unpaired) electrons. The number of rotatable bonds is 3. The quantitative estimate of drug-likeness (QED) is 0.899. The van der Waals surface area contributed by atoms with Crippen LogP contribution in [0.4, 0.5) is 13.2 Å². The Labute approximate surface area is 98.5 Å². The van der Waals surface area contributed by atoms with Gasteiger partial charge < -0.3 is 5.73 Å². The first-order chi connectivity index (χ1) is 6.95. The number of aromatic nitrogens is 1. The molecule has 6 heteroatoms. The summed E-state index contributed by atoms with van der Waals surface area (Å²) >= 11 is 0. The van der Waals surface area contributed by atoms with Crippen LogP contribution >= 0.6 is 12.4 Å². The summed E-state index contributed by atoms with van der Waals surface area (Å²) in [6.07, 6.45) is -2.95. The van der Waals surface area contributed by atoms with E-state index in [1.165, 1.54) is 12.1 Å². The van der Waals surface area contributed by atoms with E-state index in [1.807, 2.05) is 6.92 Å². The smallest absolute Gasteiger partial charge is 0.323 e. The van der Waals surface area contributed by atoms with E-state index in [9.17, 15) is 13.2 Å². The van der Waals surface area contributed by atoms with Crippen LogP contribution in [0.25, 0.3) is 0 Å². The lowest BCUT2D eigenvalue weighted by Gasteiger charge is -2.12. The van der Waals surface area contributed by atoms with Crippen LogP contribution in [-0.4, -0.2) is 4.98 Å². The van der Waals surface area contributed by atoms with E-state index >= 15 is 0 Å². The van der Waals surface area contributed by atoms with E-state index in [4.69, 9.17) is 5.73 Å². The number of nitrogens with two attached hydrogens (primary N) is 1. The molecule has 1 aromatic heterocycles. The Morgan fingerprint density at radius 2 is 2.00 bits per heavy atom. The van der Waals surface area contributed by atoms with Gasteiger partial charge in [0.05, 0.1) is 5.69 Å². The zero-order chi connectivity index (χ0) is 11.5. The summed E-state index contributed by atoms with van der Waals surface area (Å²) < 4.78 is 36.9. The van der Waals surface area contributed by atoms with Gasteiger partial charge >= 0.3 is 6.18 Å². The molecule has 1 rings (SSSR count). The second-order valence-electron chi connectivity index (χ2n) is 3.34. The Hall–Kier alpha value is -0.810. The standard InChI is InChI=1S/C10H13F3N2.ClH/c1-2-4-7(14)8-5-3-6-9(15-8)10(11,12)13;/h3,5-7H,2,4,14H2,1H3;1H/t7-;/m0./s1. The van der Waals surface area contributed by atoms with Gasteiger partial charge in [-0.25, -0.2) is 4.98 Å². The molecule has 1 aromatic rings. The van der Waals surface area contributed by atoms with Gasteiger partial charge in [-0.15, -0.1) is 12.4 Å². The molecule has 16 heavy (non-hydrogen) atoms. The second-order valence-corrected chi connectivity index (χ2v) is 3.34. The highest BCUT2D eigenvalue weighted by atomic mass is 35.5. The average Bonchev–Trinajstić information content (AvgIpc) is 2.17. The summed E-state index contributed by atoms with van der Waals surface area (Å²) in [7, 11) is 0. The van der Waals surface area contributed by atoms with Crippen molar-refractivity contribution >= 4 is 12.4 Å². The minimum absolute atomic E-state index is 0. The van der Waals surface area contributed by atoms with Crippen molar-refractivity contribution in [3.05, 3.63) is 29.6 Å². The van der Waals surface area contributed by atoms with Gasteiger partial charge in [0.2, 0.25) is 0 Å². The lowest BCUT2D eigenvalue weighted by molar-refractivity contribution is -0.141. The van der Waals surface area contributed by atoms with Crippen molar-refractivity contribution < 1.29 is 13.2 Å². The molecule has 92 valence electrons. The van der Waals surface area contributed by atoms with Gasteiger partial charge in [0.25, 0.3) is 0 Å². The summed E-state index contributed by atoms with van der Waals surface area (Å²) in [6.45, 7) is 1.92. The lowest BCUT2D eigenvalue weighted by atomic mass is 10.1. The fourth-order valence-electron chi connectivity index (χ4n) is 1.27. The Bertz CT molecular complexity index is 328. The summed E-state index contributed by atoms with van der Waals surface area (Å²) in [4.78, 5) is 3.51. The van der Waals surface area contributed by atoms with Gasteiger partial charge in [0.15, 0.2) is 0 Å². The van der Waals surface area contributed by atoms with E-state index in [2.05, 4.69) is 4.98 Å². The van der Waals surface area contributed by atoms with Crippen LogP contribution in [-0.2, 0) is 6.18 Å². The van der Waals surface area contributed by atoms with Crippen LogP contribution in [0, 0.1) is 0 Å². The Kier molecular flexibility index (Phi) is 5.75. The van der Waals surface area contributed by atoms with E-state index < -0.39 is 17.9 Å². The summed E-state index contributed by atoms with van der Waals surface area (Å²) in [5.74, 6) is 0. The second kappa shape index (κ2) is 6.06. The maximum absolute atomic E-state index is 12.3. The Balaban J connectivity index is 0.00000225. The summed E-state index contributed by atoms with van der Waals surface area (Å²) in [6, 6.07) is 3.38. The maximum Gasteiger partial charge on any atom is 0.433 e. The zero-order valence-electron chi connectivity index (χ0n) is 8.79. The van der Waals surface area contributed by atoms with Gasteiger partial charge in [-0.1, -0.05) is 19.4 Å². The molecule has 0 saturated carbocycles. The monoisotopic (exact) mass is 254 g/mol. The third-order valence-corrected chi connectivity index (χ3v) is 2.04. The van der Waals surface area contributed by atoms with Gasteiger partial charge in [0.1, 0.15) is 5.69 Å².